The maximum Gasteiger partial charge on any atom is 0.346 e. The molecule has 102 valence electrons. The third-order valence-corrected chi connectivity index (χ3v) is 5.04. The maximum absolute atomic E-state index is 11.9. The standard InChI is InChI=1S/C11H17NO4S2/c1-7-5-8(17-9(7)10(13)14)12-18(15,16)6-11(2,3)4/h5,12H,6H2,1-4H3,(H,13,14). The second-order valence-electron chi connectivity index (χ2n) is 5.35. The van der Waals surface area contributed by atoms with Gasteiger partial charge >= 0.3 is 5.97 Å². The number of hydrogen-bond donors (Lipinski definition) is 2. The van der Waals surface area contributed by atoms with Crippen LogP contribution in [0.15, 0.2) is 6.07 Å². The molecular weight excluding hydrogens is 274 g/mol. The monoisotopic (exact) mass is 291 g/mol. The normalized spacial score (nSPS) is 12.4. The molecule has 18 heavy (non-hydrogen) atoms. The fourth-order valence-electron chi connectivity index (χ4n) is 1.50. The quantitative estimate of drug-likeness (QED) is 0.893. The highest BCUT2D eigenvalue weighted by Gasteiger charge is 2.23. The number of aryl methyl sites for hydroxylation is 1. The van der Waals surface area contributed by atoms with Crippen molar-refractivity contribution in [2.75, 3.05) is 10.5 Å². The third kappa shape index (κ3) is 4.30. The number of aromatic carboxylic acids is 1. The number of carboxylic acids is 1. The first-order chi connectivity index (χ1) is 8.00. The molecule has 0 spiro atoms. The Hall–Kier alpha value is -1.08. The Bertz CT molecular complexity index is 552. The summed E-state index contributed by atoms with van der Waals surface area (Å²) in [6, 6.07) is 1.54. The molecule has 0 radical (unpaired) electrons. The van der Waals surface area contributed by atoms with E-state index in [-0.39, 0.29) is 16.0 Å². The van der Waals surface area contributed by atoms with E-state index in [1.165, 1.54) is 6.07 Å². The largest absolute Gasteiger partial charge is 0.477 e. The number of rotatable bonds is 4. The minimum absolute atomic E-state index is 0.0145. The highest BCUT2D eigenvalue weighted by molar-refractivity contribution is 7.92. The summed E-state index contributed by atoms with van der Waals surface area (Å²) in [5.74, 6) is -1.06. The second kappa shape index (κ2) is 4.89. The lowest BCUT2D eigenvalue weighted by Gasteiger charge is -2.18. The summed E-state index contributed by atoms with van der Waals surface area (Å²) in [5.41, 5.74) is 0.203. The Morgan fingerprint density at radius 2 is 2.00 bits per heavy atom. The summed E-state index contributed by atoms with van der Waals surface area (Å²) in [5, 5.41) is 9.24. The minimum atomic E-state index is -3.45. The third-order valence-electron chi connectivity index (χ3n) is 1.99. The van der Waals surface area contributed by atoms with Gasteiger partial charge in [-0.25, -0.2) is 13.2 Å². The van der Waals surface area contributed by atoms with E-state index in [2.05, 4.69) is 4.72 Å². The summed E-state index contributed by atoms with van der Waals surface area (Å²) in [6.45, 7) is 7.12. The molecule has 7 heteroatoms. The van der Waals surface area contributed by atoms with E-state index in [1.54, 1.807) is 6.92 Å². The number of nitrogens with one attached hydrogen (secondary N) is 1. The van der Waals surface area contributed by atoms with Crippen molar-refractivity contribution in [3.05, 3.63) is 16.5 Å². The number of carbonyl (C=O) groups is 1. The highest BCUT2D eigenvalue weighted by atomic mass is 32.2. The average Bonchev–Trinajstić information content (AvgIpc) is 2.40. The first-order valence-electron chi connectivity index (χ1n) is 5.34. The van der Waals surface area contributed by atoms with E-state index in [4.69, 9.17) is 5.11 Å². The fourth-order valence-corrected chi connectivity index (χ4v) is 4.39. The zero-order chi connectivity index (χ0) is 14.1. The van der Waals surface area contributed by atoms with Crippen LogP contribution in [-0.2, 0) is 10.0 Å². The number of sulfonamides is 1. The zero-order valence-corrected chi connectivity index (χ0v) is 12.4. The maximum atomic E-state index is 11.9. The van der Waals surface area contributed by atoms with Gasteiger partial charge in [-0.3, -0.25) is 4.72 Å². The zero-order valence-electron chi connectivity index (χ0n) is 10.8. The highest BCUT2D eigenvalue weighted by Crippen LogP contribution is 2.28. The molecule has 0 saturated carbocycles. The molecule has 0 unspecified atom stereocenters. The first kappa shape index (κ1) is 15.0. The number of thiophene rings is 1. The van der Waals surface area contributed by atoms with E-state index in [0.717, 1.165) is 11.3 Å². The fraction of sp³-hybridized carbons (Fsp3) is 0.545. The predicted molar refractivity (Wildman–Crippen MR) is 72.9 cm³/mol. The lowest BCUT2D eigenvalue weighted by Crippen LogP contribution is -2.25. The Morgan fingerprint density at radius 1 is 1.44 bits per heavy atom. The van der Waals surface area contributed by atoms with Gasteiger partial charge in [-0.2, -0.15) is 0 Å². The van der Waals surface area contributed by atoms with Crippen LogP contribution in [0.2, 0.25) is 0 Å². The molecule has 0 atom stereocenters. The van der Waals surface area contributed by atoms with Gasteiger partial charge in [0.25, 0.3) is 0 Å². The van der Waals surface area contributed by atoms with Gasteiger partial charge in [0.05, 0.1) is 5.75 Å². The average molecular weight is 291 g/mol. The van der Waals surface area contributed by atoms with Gasteiger partial charge in [0.2, 0.25) is 10.0 Å². The first-order valence-corrected chi connectivity index (χ1v) is 7.81. The van der Waals surface area contributed by atoms with Crippen molar-refractivity contribution < 1.29 is 18.3 Å². The van der Waals surface area contributed by atoms with Crippen molar-refractivity contribution in [1.29, 1.82) is 0 Å². The van der Waals surface area contributed by atoms with Gasteiger partial charge in [0.1, 0.15) is 9.88 Å². The molecule has 0 amide bonds. The van der Waals surface area contributed by atoms with Crippen LogP contribution >= 0.6 is 11.3 Å². The summed E-state index contributed by atoms with van der Waals surface area (Å²) >= 11 is 0.931. The molecule has 0 bridgehead atoms. The summed E-state index contributed by atoms with van der Waals surface area (Å²) in [4.78, 5) is 11.0. The molecule has 0 aliphatic heterocycles. The van der Waals surface area contributed by atoms with Crippen LogP contribution in [0.3, 0.4) is 0 Å². The molecular formula is C11H17NO4S2. The van der Waals surface area contributed by atoms with Crippen molar-refractivity contribution in [2.24, 2.45) is 5.41 Å². The number of anilines is 1. The molecule has 1 aromatic rings. The van der Waals surface area contributed by atoms with E-state index in [0.29, 0.717) is 10.6 Å². The van der Waals surface area contributed by atoms with Gasteiger partial charge in [0.15, 0.2) is 0 Å². The van der Waals surface area contributed by atoms with E-state index in [1.807, 2.05) is 20.8 Å². The van der Waals surface area contributed by atoms with Crippen molar-refractivity contribution in [3.8, 4) is 0 Å². The van der Waals surface area contributed by atoms with Gasteiger partial charge in [0, 0.05) is 0 Å². The van der Waals surface area contributed by atoms with Crippen molar-refractivity contribution in [1.82, 2.24) is 0 Å². The molecule has 1 heterocycles. The van der Waals surface area contributed by atoms with Crippen LogP contribution in [0, 0.1) is 12.3 Å². The molecule has 0 fully saturated rings. The Balaban J connectivity index is 2.92. The Kier molecular flexibility index (Phi) is 4.07. The SMILES string of the molecule is Cc1cc(NS(=O)(=O)CC(C)(C)C)sc1C(=O)O. The summed E-state index contributed by atoms with van der Waals surface area (Å²) < 4.78 is 26.1. The molecule has 5 nitrogen and oxygen atoms in total. The molecule has 1 rings (SSSR count). The lowest BCUT2D eigenvalue weighted by molar-refractivity contribution is 0.0701. The predicted octanol–water partition coefficient (Wildman–Crippen LogP) is 2.54. The lowest BCUT2D eigenvalue weighted by atomic mass is 10.0. The van der Waals surface area contributed by atoms with Crippen LogP contribution in [0.4, 0.5) is 5.00 Å². The Labute approximate surface area is 111 Å². The number of hydrogen-bond acceptors (Lipinski definition) is 4. The smallest absolute Gasteiger partial charge is 0.346 e. The van der Waals surface area contributed by atoms with Crippen LogP contribution in [0.25, 0.3) is 0 Å². The van der Waals surface area contributed by atoms with Crippen molar-refractivity contribution in [2.45, 2.75) is 27.7 Å². The topological polar surface area (TPSA) is 83.5 Å². The van der Waals surface area contributed by atoms with Gasteiger partial charge in [-0.1, -0.05) is 20.8 Å². The van der Waals surface area contributed by atoms with Gasteiger partial charge in [-0.05, 0) is 24.0 Å². The van der Waals surface area contributed by atoms with Crippen LogP contribution in [0.1, 0.15) is 36.0 Å². The van der Waals surface area contributed by atoms with E-state index >= 15 is 0 Å². The molecule has 0 aliphatic carbocycles. The van der Waals surface area contributed by atoms with Crippen LogP contribution in [0.5, 0.6) is 0 Å². The Morgan fingerprint density at radius 3 is 2.39 bits per heavy atom. The van der Waals surface area contributed by atoms with Gasteiger partial charge in [-0.15, -0.1) is 11.3 Å². The van der Waals surface area contributed by atoms with Crippen LogP contribution in [-0.4, -0.2) is 25.2 Å². The molecule has 0 aliphatic rings. The van der Waals surface area contributed by atoms with Gasteiger partial charge < -0.3 is 5.11 Å². The number of carboxylic acid groups (broad SMARTS) is 1. The second-order valence-corrected chi connectivity index (χ2v) is 8.12. The van der Waals surface area contributed by atoms with Crippen molar-refractivity contribution in [3.63, 3.8) is 0 Å². The summed E-state index contributed by atoms with van der Waals surface area (Å²) in [6.07, 6.45) is 0. The molecule has 0 saturated heterocycles. The molecule has 0 aromatic carbocycles. The van der Waals surface area contributed by atoms with E-state index < -0.39 is 16.0 Å². The van der Waals surface area contributed by atoms with Crippen molar-refractivity contribution >= 4 is 32.3 Å². The van der Waals surface area contributed by atoms with E-state index in [9.17, 15) is 13.2 Å². The summed E-state index contributed by atoms with van der Waals surface area (Å²) in [7, 11) is -3.45. The molecule has 2 N–H and O–H groups in total. The molecule has 1 aromatic heterocycles. The minimum Gasteiger partial charge on any atom is -0.477 e. The van der Waals surface area contributed by atoms with Crippen LogP contribution < -0.4 is 4.72 Å².